The molecule has 0 atom stereocenters. The summed E-state index contributed by atoms with van der Waals surface area (Å²) >= 11 is 5.45. The average Bonchev–Trinajstić information content (AvgIpc) is 3.17. The van der Waals surface area contributed by atoms with Gasteiger partial charge in [-0.25, -0.2) is 0 Å². The molecule has 1 amide bonds. The van der Waals surface area contributed by atoms with Crippen LogP contribution < -0.4 is 10.6 Å². The number of rotatable bonds is 4. The van der Waals surface area contributed by atoms with Crippen molar-refractivity contribution in [3.8, 4) is 11.3 Å². The maximum absolute atomic E-state index is 12.6. The quantitative estimate of drug-likeness (QED) is 0.427. The first-order chi connectivity index (χ1) is 14.4. The molecule has 4 saturated carbocycles. The summed E-state index contributed by atoms with van der Waals surface area (Å²) in [6.07, 6.45) is 7.42. The molecule has 1 aromatic heterocycles. The highest BCUT2D eigenvalue weighted by atomic mass is 32.1. The molecule has 0 spiro atoms. The minimum absolute atomic E-state index is 0.0242. The first kappa shape index (κ1) is 19.2. The summed E-state index contributed by atoms with van der Waals surface area (Å²) in [6, 6.07) is 9.29. The molecule has 8 heteroatoms. The van der Waals surface area contributed by atoms with Crippen LogP contribution in [-0.2, 0) is 0 Å². The van der Waals surface area contributed by atoms with Crippen molar-refractivity contribution in [2.24, 2.45) is 17.8 Å². The van der Waals surface area contributed by atoms with Gasteiger partial charge in [-0.3, -0.25) is 20.2 Å². The second-order valence-corrected chi connectivity index (χ2v) is 9.49. The Morgan fingerprint density at radius 1 is 1.10 bits per heavy atom. The highest BCUT2D eigenvalue weighted by molar-refractivity contribution is 7.80. The number of nitro benzene ring substituents is 1. The fourth-order valence-corrected chi connectivity index (χ4v) is 6.40. The number of carbonyl (C=O) groups is 1. The van der Waals surface area contributed by atoms with Crippen molar-refractivity contribution < 1.29 is 14.1 Å². The van der Waals surface area contributed by atoms with E-state index in [1.54, 1.807) is 24.3 Å². The molecule has 2 N–H and O–H groups in total. The van der Waals surface area contributed by atoms with Gasteiger partial charge in [-0.1, -0.05) is 12.1 Å². The Morgan fingerprint density at radius 3 is 2.40 bits per heavy atom. The van der Waals surface area contributed by atoms with Gasteiger partial charge in [0.1, 0.15) is 5.76 Å². The summed E-state index contributed by atoms with van der Waals surface area (Å²) in [4.78, 5) is 23.1. The largest absolute Gasteiger partial charge is 0.451 e. The fourth-order valence-electron chi connectivity index (χ4n) is 6.09. The molecule has 0 radical (unpaired) electrons. The van der Waals surface area contributed by atoms with Crippen molar-refractivity contribution >= 4 is 28.9 Å². The SMILES string of the molecule is O=C(NC(=S)NC12CC3CC(CC(C3)C1)C2)c1ccc(-c2cccc([N+](=O)[O-])c2)o1. The highest BCUT2D eigenvalue weighted by Crippen LogP contribution is 2.55. The Kier molecular flexibility index (Phi) is 4.61. The molecule has 4 fully saturated rings. The van der Waals surface area contributed by atoms with Gasteiger partial charge in [-0.2, -0.15) is 0 Å². The van der Waals surface area contributed by atoms with Crippen molar-refractivity contribution in [1.82, 2.24) is 10.6 Å². The van der Waals surface area contributed by atoms with Crippen LogP contribution in [0.25, 0.3) is 11.3 Å². The Hall–Kier alpha value is -2.74. The number of thiocarbonyl (C=S) groups is 1. The number of nitrogens with one attached hydrogen (secondary N) is 2. The van der Waals surface area contributed by atoms with Crippen molar-refractivity contribution in [2.45, 2.75) is 44.1 Å². The van der Waals surface area contributed by atoms with Crippen LogP contribution >= 0.6 is 12.2 Å². The lowest BCUT2D eigenvalue weighted by molar-refractivity contribution is -0.384. The Morgan fingerprint density at radius 2 is 1.77 bits per heavy atom. The Balaban J connectivity index is 1.25. The molecule has 0 unspecified atom stereocenters. The second kappa shape index (κ2) is 7.19. The minimum Gasteiger partial charge on any atom is -0.451 e. The van der Waals surface area contributed by atoms with Crippen LogP contribution in [0.5, 0.6) is 0 Å². The lowest BCUT2D eigenvalue weighted by Gasteiger charge is -2.57. The van der Waals surface area contributed by atoms with Crippen LogP contribution in [0.1, 0.15) is 49.1 Å². The van der Waals surface area contributed by atoms with E-state index >= 15 is 0 Å². The molecule has 6 rings (SSSR count). The van der Waals surface area contributed by atoms with Gasteiger partial charge in [0.2, 0.25) is 0 Å². The van der Waals surface area contributed by atoms with E-state index < -0.39 is 10.8 Å². The van der Waals surface area contributed by atoms with Crippen molar-refractivity contribution in [2.75, 3.05) is 0 Å². The maximum Gasteiger partial charge on any atom is 0.293 e. The molecule has 4 aliphatic rings. The number of furan rings is 1. The van der Waals surface area contributed by atoms with Gasteiger partial charge in [0.25, 0.3) is 11.6 Å². The molecule has 4 aliphatic carbocycles. The van der Waals surface area contributed by atoms with Crippen LogP contribution in [0.15, 0.2) is 40.8 Å². The highest BCUT2D eigenvalue weighted by Gasteiger charge is 2.51. The molecular weight excluding hydrogens is 402 g/mol. The smallest absolute Gasteiger partial charge is 0.293 e. The second-order valence-electron chi connectivity index (χ2n) is 9.08. The van der Waals surface area contributed by atoms with E-state index in [2.05, 4.69) is 10.6 Å². The number of benzene rings is 1. The number of hydrogen-bond acceptors (Lipinski definition) is 5. The zero-order valence-corrected chi connectivity index (χ0v) is 17.2. The fraction of sp³-hybridized carbons (Fsp3) is 0.455. The Labute approximate surface area is 179 Å². The molecule has 30 heavy (non-hydrogen) atoms. The standard InChI is InChI=1S/C22H23N3O4S/c26-20(19-5-4-18(29-19)16-2-1-3-17(9-16)25(27)28)23-21(30)24-22-10-13-6-14(11-22)8-15(7-13)12-22/h1-5,9,13-15H,6-8,10-12H2,(H2,23,24,26,30). The molecule has 2 aromatic rings. The van der Waals surface area contributed by atoms with Gasteiger partial charge in [0.15, 0.2) is 10.9 Å². The number of carbonyl (C=O) groups excluding carboxylic acids is 1. The molecular formula is C22H23N3O4S. The maximum atomic E-state index is 12.6. The van der Waals surface area contributed by atoms with E-state index in [0.717, 1.165) is 37.0 Å². The van der Waals surface area contributed by atoms with E-state index in [-0.39, 0.29) is 17.0 Å². The summed E-state index contributed by atoms with van der Waals surface area (Å²) in [5.74, 6) is 2.43. The first-order valence-electron chi connectivity index (χ1n) is 10.4. The lowest BCUT2D eigenvalue weighted by Crippen LogP contribution is -2.61. The molecule has 1 heterocycles. The van der Waals surface area contributed by atoms with Crippen LogP contribution in [-0.4, -0.2) is 21.5 Å². The van der Waals surface area contributed by atoms with Crippen molar-refractivity contribution in [1.29, 1.82) is 0 Å². The van der Waals surface area contributed by atoms with Crippen LogP contribution in [0.3, 0.4) is 0 Å². The number of nitrogens with zero attached hydrogens (tertiary/aromatic N) is 1. The molecule has 4 bridgehead atoms. The third-order valence-corrected chi connectivity index (χ3v) is 7.02. The van der Waals surface area contributed by atoms with Crippen LogP contribution in [0.2, 0.25) is 0 Å². The van der Waals surface area contributed by atoms with Gasteiger partial charge in [0, 0.05) is 23.2 Å². The van der Waals surface area contributed by atoms with E-state index in [9.17, 15) is 14.9 Å². The van der Waals surface area contributed by atoms with Gasteiger partial charge >= 0.3 is 0 Å². The number of non-ortho nitro benzene ring substituents is 1. The summed E-state index contributed by atoms with van der Waals surface area (Å²) in [6.45, 7) is 0. The molecule has 156 valence electrons. The molecule has 0 aliphatic heterocycles. The molecule has 7 nitrogen and oxygen atoms in total. The van der Waals surface area contributed by atoms with Gasteiger partial charge in [0.05, 0.1) is 4.92 Å². The predicted molar refractivity (Wildman–Crippen MR) is 115 cm³/mol. The lowest BCUT2D eigenvalue weighted by atomic mass is 9.53. The minimum atomic E-state index is -0.464. The topological polar surface area (TPSA) is 97.4 Å². The van der Waals surface area contributed by atoms with Gasteiger partial charge in [-0.15, -0.1) is 0 Å². The van der Waals surface area contributed by atoms with Crippen molar-refractivity contribution in [3.63, 3.8) is 0 Å². The van der Waals surface area contributed by atoms with Crippen molar-refractivity contribution in [3.05, 3.63) is 52.3 Å². The zero-order chi connectivity index (χ0) is 20.9. The summed E-state index contributed by atoms with van der Waals surface area (Å²) in [5.41, 5.74) is 0.532. The zero-order valence-electron chi connectivity index (χ0n) is 16.4. The summed E-state index contributed by atoms with van der Waals surface area (Å²) < 4.78 is 5.64. The van der Waals surface area contributed by atoms with E-state index in [1.165, 1.54) is 31.4 Å². The average molecular weight is 426 g/mol. The molecule has 1 aromatic carbocycles. The van der Waals surface area contributed by atoms with Gasteiger partial charge < -0.3 is 9.73 Å². The van der Waals surface area contributed by atoms with Crippen LogP contribution in [0.4, 0.5) is 5.69 Å². The molecule has 0 saturated heterocycles. The van der Waals surface area contributed by atoms with E-state index in [4.69, 9.17) is 16.6 Å². The number of nitro groups is 1. The van der Waals surface area contributed by atoms with Crippen LogP contribution in [0, 0.1) is 27.9 Å². The third-order valence-electron chi connectivity index (χ3n) is 6.82. The third kappa shape index (κ3) is 3.60. The monoisotopic (exact) mass is 425 g/mol. The van der Waals surface area contributed by atoms with Gasteiger partial charge in [-0.05, 0) is 80.6 Å². The van der Waals surface area contributed by atoms with E-state index in [1.807, 2.05) is 0 Å². The Bertz CT molecular complexity index is 996. The van der Waals surface area contributed by atoms with E-state index in [0.29, 0.717) is 16.4 Å². The number of amides is 1. The predicted octanol–water partition coefficient (Wildman–Crippen LogP) is 4.43. The summed E-state index contributed by atoms with van der Waals surface area (Å²) in [5, 5.41) is 17.5. The summed E-state index contributed by atoms with van der Waals surface area (Å²) in [7, 11) is 0. The number of hydrogen-bond donors (Lipinski definition) is 2. The first-order valence-corrected chi connectivity index (χ1v) is 10.8. The normalized spacial score (nSPS) is 28.9.